The summed E-state index contributed by atoms with van der Waals surface area (Å²) in [6, 6.07) is 4.87. The maximum Gasteiger partial charge on any atom is 0.0396 e. The van der Waals surface area contributed by atoms with Gasteiger partial charge in [0.1, 0.15) is 0 Å². The molecular weight excluding hydrogens is 172 g/mol. The van der Waals surface area contributed by atoms with E-state index in [2.05, 4.69) is 36.3 Å². The topological polar surface area (TPSA) is 24.9 Å². The largest absolute Gasteiger partial charge is 0.382 e. The van der Waals surface area contributed by atoms with Crippen LogP contribution >= 0.6 is 0 Å². The smallest absolute Gasteiger partial charge is 0.0396 e. The van der Waals surface area contributed by atoms with Gasteiger partial charge in [-0.25, -0.2) is 0 Å². The number of aromatic nitrogens is 1. The van der Waals surface area contributed by atoms with E-state index in [1.54, 1.807) is 0 Å². The Kier molecular flexibility index (Phi) is 2.02. The molecule has 0 saturated heterocycles. The third-order valence-corrected chi connectivity index (χ3v) is 2.94. The number of anilines is 1. The summed E-state index contributed by atoms with van der Waals surface area (Å²) in [7, 11) is 0. The Bertz CT molecular complexity index is 335. The standard InChI is InChI=1S/C12H18N2/c1-8-5-10(6-9(2)13-8)14-11-7-12(11,3)4/h5-6,11H,7H2,1-4H3,(H,13,14). The summed E-state index contributed by atoms with van der Waals surface area (Å²) in [6.07, 6.45) is 1.27. The van der Waals surface area contributed by atoms with E-state index in [4.69, 9.17) is 0 Å². The molecule has 0 amide bonds. The van der Waals surface area contributed by atoms with Crippen molar-refractivity contribution in [2.75, 3.05) is 5.32 Å². The van der Waals surface area contributed by atoms with Gasteiger partial charge in [0, 0.05) is 23.1 Å². The lowest BCUT2D eigenvalue weighted by molar-refractivity contribution is 0.630. The van der Waals surface area contributed by atoms with Gasteiger partial charge >= 0.3 is 0 Å². The van der Waals surface area contributed by atoms with Crippen LogP contribution in [0.25, 0.3) is 0 Å². The van der Waals surface area contributed by atoms with Crippen molar-refractivity contribution in [3.63, 3.8) is 0 Å². The lowest BCUT2D eigenvalue weighted by Crippen LogP contribution is -2.08. The Labute approximate surface area is 85.7 Å². The first kappa shape index (κ1) is 9.50. The van der Waals surface area contributed by atoms with E-state index in [1.165, 1.54) is 12.1 Å². The van der Waals surface area contributed by atoms with Crippen LogP contribution in [0.2, 0.25) is 0 Å². The average Bonchev–Trinajstić information content (AvgIpc) is 2.55. The Morgan fingerprint density at radius 2 is 1.79 bits per heavy atom. The van der Waals surface area contributed by atoms with E-state index < -0.39 is 0 Å². The van der Waals surface area contributed by atoms with Crippen LogP contribution in [0.1, 0.15) is 31.7 Å². The van der Waals surface area contributed by atoms with E-state index in [-0.39, 0.29) is 0 Å². The number of pyridine rings is 1. The van der Waals surface area contributed by atoms with Crippen molar-refractivity contribution in [3.05, 3.63) is 23.5 Å². The highest BCUT2D eigenvalue weighted by atomic mass is 15.0. The van der Waals surface area contributed by atoms with E-state index >= 15 is 0 Å². The van der Waals surface area contributed by atoms with Crippen molar-refractivity contribution < 1.29 is 0 Å². The minimum atomic E-state index is 0.477. The minimum absolute atomic E-state index is 0.477. The molecule has 2 rings (SSSR count). The molecule has 14 heavy (non-hydrogen) atoms. The van der Waals surface area contributed by atoms with Crippen LogP contribution in [-0.4, -0.2) is 11.0 Å². The predicted molar refractivity (Wildman–Crippen MR) is 59.5 cm³/mol. The summed E-state index contributed by atoms with van der Waals surface area (Å²) < 4.78 is 0. The van der Waals surface area contributed by atoms with Crippen LogP contribution < -0.4 is 5.32 Å². The summed E-state index contributed by atoms with van der Waals surface area (Å²) in [6.45, 7) is 8.67. The third kappa shape index (κ3) is 1.89. The second-order valence-corrected chi connectivity index (χ2v) is 5.03. The van der Waals surface area contributed by atoms with Gasteiger partial charge in [0.25, 0.3) is 0 Å². The summed E-state index contributed by atoms with van der Waals surface area (Å²) in [5.74, 6) is 0. The predicted octanol–water partition coefficient (Wildman–Crippen LogP) is 2.91. The van der Waals surface area contributed by atoms with Gasteiger partial charge in [-0.05, 0) is 37.8 Å². The zero-order chi connectivity index (χ0) is 10.3. The third-order valence-electron chi connectivity index (χ3n) is 2.94. The van der Waals surface area contributed by atoms with Crippen molar-refractivity contribution in [3.8, 4) is 0 Å². The summed E-state index contributed by atoms with van der Waals surface area (Å²) in [4.78, 5) is 4.36. The van der Waals surface area contributed by atoms with Gasteiger partial charge < -0.3 is 5.32 Å². The molecule has 1 N–H and O–H groups in total. The number of rotatable bonds is 2. The van der Waals surface area contributed by atoms with E-state index in [0.717, 1.165) is 11.4 Å². The molecule has 2 heteroatoms. The highest BCUT2D eigenvalue weighted by molar-refractivity contribution is 5.47. The minimum Gasteiger partial charge on any atom is -0.382 e. The quantitative estimate of drug-likeness (QED) is 0.775. The number of aryl methyl sites for hydroxylation is 2. The van der Waals surface area contributed by atoms with Gasteiger partial charge in [-0.2, -0.15) is 0 Å². The first-order chi connectivity index (χ1) is 6.47. The van der Waals surface area contributed by atoms with Gasteiger partial charge in [0.15, 0.2) is 0 Å². The molecule has 1 saturated carbocycles. The van der Waals surface area contributed by atoms with Gasteiger partial charge in [0.05, 0.1) is 0 Å². The molecule has 0 aliphatic heterocycles. The molecule has 0 bridgehead atoms. The Balaban J connectivity index is 2.10. The van der Waals surface area contributed by atoms with Crippen molar-refractivity contribution >= 4 is 5.69 Å². The molecule has 0 aromatic carbocycles. The van der Waals surface area contributed by atoms with Gasteiger partial charge in [-0.15, -0.1) is 0 Å². The summed E-state index contributed by atoms with van der Waals surface area (Å²) >= 11 is 0. The van der Waals surface area contributed by atoms with E-state index in [9.17, 15) is 0 Å². The molecule has 1 aromatic heterocycles. The van der Waals surface area contributed by atoms with Crippen molar-refractivity contribution in [2.45, 2.75) is 40.2 Å². The molecule has 1 atom stereocenters. The van der Waals surface area contributed by atoms with Crippen LogP contribution in [0.5, 0.6) is 0 Å². The van der Waals surface area contributed by atoms with Crippen molar-refractivity contribution in [1.82, 2.24) is 4.98 Å². The van der Waals surface area contributed by atoms with Crippen molar-refractivity contribution in [1.29, 1.82) is 0 Å². The highest BCUT2D eigenvalue weighted by Crippen LogP contribution is 2.46. The van der Waals surface area contributed by atoms with Crippen LogP contribution in [0.15, 0.2) is 12.1 Å². The summed E-state index contributed by atoms with van der Waals surface area (Å²) in [5.41, 5.74) is 3.87. The summed E-state index contributed by atoms with van der Waals surface area (Å²) in [5, 5.41) is 3.55. The van der Waals surface area contributed by atoms with Gasteiger partial charge in [0.2, 0.25) is 0 Å². The molecule has 1 unspecified atom stereocenters. The Hall–Kier alpha value is -1.05. The Morgan fingerprint density at radius 1 is 1.29 bits per heavy atom. The lowest BCUT2D eigenvalue weighted by atomic mass is 10.2. The first-order valence-corrected chi connectivity index (χ1v) is 5.19. The normalized spacial score (nSPS) is 23.3. The van der Waals surface area contributed by atoms with Crippen LogP contribution in [-0.2, 0) is 0 Å². The molecule has 1 heterocycles. The fourth-order valence-electron chi connectivity index (χ4n) is 1.83. The molecule has 76 valence electrons. The van der Waals surface area contributed by atoms with E-state index in [0.29, 0.717) is 11.5 Å². The number of nitrogens with one attached hydrogen (secondary N) is 1. The molecule has 1 fully saturated rings. The molecule has 1 aliphatic carbocycles. The molecule has 0 radical (unpaired) electrons. The lowest BCUT2D eigenvalue weighted by Gasteiger charge is -2.09. The maximum absolute atomic E-state index is 4.36. The molecule has 0 spiro atoms. The van der Waals surface area contributed by atoms with Gasteiger partial charge in [-0.1, -0.05) is 13.8 Å². The first-order valence-electron chi connectivity index (χ1n) is 5.19. The number of nitrogens with zero attached hydrogens (tertiary/aromatic N) is 1. The zero-order valence-corrected chi connectivity index (χ0v) is 9.39. The fraction of sp³-hybridized carbons (Fsp3) is 0.583. The molecule has 2 nitrogen and oxygen atoms in total. The average molecular weight is 190 g/mol. The number of hydrogen-bond acceptors (Lipinski definition) is 2. The monoisotopic (exact) mass is 190 g/mol. The zero-order valence-electron chi connectivity index (χ0n) is 9.39. The van der Waals surface area contributed by atoms with Gasteiger partial charge in [-0.3, -0.25) is 4.98 Å². The molecule has 1 aliphatic rings. The van der Waals surface area contributed by atoms with Crippen LogP contribution in [0, 0.1) is 19.3 Å². The second-order valence-electron chi connectivity index (χ2n) is 5.03. The maximum atomic E-state index is 4.36. The SMILES string of the molecule is Cc1cc(NC2CC2(C)C)cc(C)n1. The second kappa shape index (κ2) is 2.97. The van der Waals surface area contributed by atoms with E-state index in [1.807, 2.05) is 13.8 Å². The number of hydrogen-bond donors (Lipinski definition) is 1. The van der Waals surface area contributed by atoms with Crippen LogP contribution in [0.4, 0.5) is 5.69 Å². The Morgan fingerprint density at radius 3 is 2.21 bits per heavy atom. The van der Waals surface area contributed by atoms with Crippen molar-refractivity contribution in [2.24, 2.45) is 5.41 Å². The van der Waals surface area contributed by atoms with Crippen LogP contribution in [0.3, 0.4) is 0 Å². The highest BCUT2D eigenvalue weighted by Gasteiger charge is 2.45. The fourth-order valence-corrected chi connectivity index (χ4v) is 1.83. The molecular formula is C12H18N2. The molecule has 1 aromatic rings.